The van der Waals surface area contributed by atoms with Gasteiger partial charge in [-0.2, -0.15) is 13.2 Å². The second-order valence-electron chi connectivity index (χ2n) is 5.04. The number of aliphatic hydroxyl groups excluding tert-OH is 1. The number of aromatic nitrogens is 1. The van der Waals surface area contributed by atoms with Gasteiger partial charge < -0.3 is 10.4 Å². The van der Waals surface area contributed by atoms with Crippen LogP contribution in [0.4, 0.5) is 13.2 Å². The summed E-state index contributed by atoms with van der Waals surface area (Å²) in [5.74, 6) is 0. The molecular weight excluding hydrogens is 313 g/mol. The molecular formula is C15H17F3N2OS. The third-order valence-electron chi connectivity index (χ3n) is 3.26. The summed E-state index contributed by atoms with van der Waals surface area (Å²) < 4.78 is 38.6. The summed E-state index contributed by atoms with van der Waals surface area (Å²) in [5.41, 5.74) is -0.763. The molecule has 0 fully saturated rings. The molecule has 0 saturated heterocycles. The van der Waals surface area contributed by atoms with E-state index in [1.807, 2.05) is 24.4 Å². The van der Waals surface area contributed by atoms with Crippen molar-refractivity contribution in [2.24, 2.45) is 0 Å². The molecule has 2 unspecified atom stereocenters. The molecule has 7 heteroatoms. The third kappa shape index (κ3) is 4.53. The van der Waals surface area contributed by atoms with Gasteiger partial charge >= 0.3 is 6.18 Å². The van der Waals surface area contributed by atoms with Crippen LogP contribution in [0.2, 0.25) is 0 Å². The van der Waals surface area contributed by atoms with Gasteiger partial charge in [0.2, 0.25) is 0 Å². The first kappa shape index (κ1) is 16.9. The van der Waals surface area contributed by atoms with E-state index in [-0.39, 0.29) is 18.3 Å². The summed E-state index contributed by atoms with van der Waals surface area (Å²) in [5, 5.41) is 14.9. The Morgan fingerprint density at radius 1 is 1.32 bits per heavy atom. The number of thiophene rings is 1. The van der Waals surface area contributed by atoms with Crippen molar-refractivity contribution in [3.63, 3.8) is 0 Å². The van der Waals surface area contributed by atoms with Gasteiger partial charge in [0.15, 0.2) is 0 Å². The monoisotopic (exact) mass is 330 g/mol. The number of nitrogens with one attached hydrogen (secondary N) is 1. The van der Waals surface area contributed by atoms with E-state index in [1.165, 1.54) is 23.6 Å². The molecule has 0 aliphatic heterocycles. The van der Waals surface area contributed by atoms with Crippen molar-refractivity contribution < 1.29 is 18.3 Å². The Kier molecular flexibility index (Phi) is 5.55. The Hall–Kier alpha value is -1.44. The molecule has 0 aliphatic rings. The van der Waals surface area contributed by atoms with E-state index in [0.717, 1.165) is 10.9 Å². The van der Waals surface area contributed by atoms with E-state index in [2.05, 4.69) is 10.3 Å². The first-order chi connectivity index (χ1) is 10.4. The van der Waals surface area contributed by atoms with E-state index in [1.54, 1.807) is 0 Å². The van der Waals surface area contributed by atoms with Crippen LogP contribution >= 0.6 is 11.3 Å². The number of rotatable bonds is 6. The van der Waals surface area contributed by atoms with Crippen molar-refractivity contribution in [1.29, 1.82) is 0 Å². The number of hydrogen-bond acceptors (Lipinski definition) is 4. The van der Waals surface area contributed by atoms with Gasteiger partial charge in [0, 0.05) is 23.7 Å². The van der Waals surface area contributed by atoms with Gasteiger partial charge in [0.05, 0.1) is 17.4 Å². The van der Waals surface area contributed by atoms with Crippen LogP contribution in [0.25, 0.3) is 0 Å². The average Bonchev–Trinajstić information content (AvgIpc) is 2.98. The molecule has 2 heterocycles. The van der Waals surface area contributed by atoms with Crippen molar-refractivity contribution in [1.82, 2.24) is 10.3 Å². The molecule has 3 nitrogen and oxygen atoms in total. The summed E-state index contributed by atoms with van der Waals surface area (Å²) in [6.07, 6.45) is -3.26. The Bertz CT molecular complexity index is 587. The minimum Gasteiger partial charge on any atom is -0.388 e. The van der Waals surface area contributed by atoms with Crippen LogP contribution in [0.15, 0.2) is 35.8 Å². The van der Waals surface area contributed by atoms with Gasteiger partial charge in [-0.15, -0.1) is 11.3 Å². The molecule has 120 valence electrons. The number of pyridine rings is 1. The zero-order valence-electron chi connectivity index (χ0n) is 12.0. The number of halogens is 3. The summed E-state index contributed by atoms with van der Waals surface area (Å²) >= 11 is 1.45. The fourth-order valence-electron chi connectivity index (χ4n) is 2.12. The van der Waals surface area contributed by atoms with Crippen LogP contribution in [-0.4, -0.2) is 16.1 Å². The van der Waals surface area contributed by atoms with Crippen LogP contribution in [0, 0.1) is 0 Å². The zero-order valence-corrected chi connectivity index (χ0v) is 12.8. The smallest absolute Gasteiger partial charge is 0.388 e. The van der Waals surface area contributed by atoms with Crippen LogP contribution in [0.3, 0.4) is 0 Å². The lowest BCUT2D eigenvalue weighted by Crippen LogP contribution is -2.28. The average molecular weight is 330 g/mol. The molecule has 2 atom stereocenters. The van der Waals surface area contributed by atoms with Crippen molar-refractivity contribution in [2.45, 2.75) is 38.2 Å². The molecule has 2 aromatic heterocycles. The van der Waals surface area contributed by atoms with E-state index >= 15 is 0 Å². The zero-order chi connectivity index (χ0) is 16.2. The second-order valence-corrected chi connectivity index (χ2v) is 6.02. The highest BCUT2D eigenvalue weighted by Crippen LogP contribution is 2.31. The van der Waals surface area contributed by atoms with Gasteiger partial charge in [-0.1, -0.05) is 6.07 Å². The lowest BCUT2D eigenvalue weighted by molar-refractivity contribution is -0.138. The molecule has 0 amide bonds. The molecule has 22 heavy (non-hydrogen) atoms. The molecule has 0 bridgehead atoms. The molecule has 0 aromatic carbocycles. The van der Waals surface area contributed by atoms with E-state index in [4.69, 9.17) is 0 Å². The molecule has 2 rings (SSSR count). The Labute approximate surface area is 130 Å². The van der Waals surface area contributed by atoms with Crippen LogP contribution in [-0.2, 0) is 12.7 Å². The van der Waals surface area contributed by atoms with E-state index in [9.17, 15) is 18.3 Å². The van der Waals surface area contributed by atoms with Crippen molar-refractivity contribution in [3.05, 3.63) is 52.0 Å². The standard InChI is InChI=1S/C15H17F3N2OS/c1-10(8-13(21)14-5-3-7-22-14)20-9-12-11(15(16,17)18)4-2-6-19-12/h2-7,10,13,20-21H,8-9H2,1H3. The predicted molar refractivity (Wildman–Crippen MR) is 79.4 cm³/mol. The Morgan fingerprint density at radius 2 is 2.09 bits per heavy atom. The summed E-state index contributed by atoms with van der Waals surface area (Å²) in [6.45, 7) is 1.83. The lowest BCUT2D eigenvalue weighted by atomic mass is 10.1. The molecule has 0 radical (unpaired) electrons. The van der Waals surface area contributed by atoms with Crippen LogP contribution in [0.5, 0.6) is 0 Å². The number of aliphatic hydroxyl groups is 1. The third-order valence-corrected chi connectivity index (χ3v) is 4.24. The maximum absolute atomic E-state index is 12.9. The second kappa shape index (κ2) is 7.21. The first-order valence-electron chi connectivity index (χ1n) is 6.84. The van der Waals surface area contributed by atoms with Gasteiger partial charge in [0.25, 0.3) is 0 Å². The largest absolute Gasteiger partial charge is 0.418 e. The number of hydrogen-bond donors (Lipinski definition) is 2. The molecule has 2 N–H and O–H groups in total. The summed E-state index contributed by atoms with van der Waals surface area (Å²) in [7, 11) is 0. The van der Waals surface area contributed by atoms with E-state index in [0.29, 0.717) is 6.42 Å². The van der Waals surface area contributed by atoms with Gasteiger partial charge in [-0.05, 0) is 36.9 Å². The quantitative estimate of drug-likeness (QED) is 0.847. The maximum atomic E-state index is 12.9. The fraction of sp³-hybridized carbons (Fsp3) is 0.400. The highest BCUT2D eigenvalue weighted by Gasteiger charge is 2.33. The van der Waals surface area contributed by atoms with Gasteiger partial charge in [-0.25, -0.2) is 0 Å². The molecule has 2 aromatic rings. The molecule has 0 saturated carbocycles. The predicted octanol–water partition coefficient (Wildman–Crippen LogP) is 3.76. The summed E-state index contributed by atoms with van der Waals surface area (Å²) in [6, 6.07) is 5.85. The Balaban J connectivity index is 1.93. The van der Waals surface area contributed by atoms with Crippen molar-refractivity contribution in [2.75, 3.05) is 0 Å². The first-order valence-corrected chi connectivity index (χ1v) is 7.72. The lowest BCUT2D eigenvalue weighted by Gasteiger charge is -2.18. The Morgan fingerprint density at radius 3 is 2.73 bits per heavy atom. The maximum Gasteiger partial charge on any atom is 0.418 e. The van der Waals surface area contributed by atoms with Gasteiger partial charge in [-0.3, -0.25) is 4.98 Å². The molecule has 0 aliphatic carbocycles. The van der Waals surface area contributed by atoms with Crippen LogP contribution < -0.4 is 5.32 Å². The van der Waals surface area contributed by atoms with Crippen molar-refractivity contribution >= 4 is 11.3 Å². The minimum atomic E-state index is -4.41. The van der Waals surface area contributed by atoms with Crippen molar-refractivity contribution in [3.8, 4) is 0 Å². The topological polar surface area (TPSA) is 45.1 Å². The fourth-order valence-corrected chi connectivity index (χ4v) is 2.85. The highest BCUT2D eigenvalue weighted by molar-refractivity contribution is 7.10. The number of nitrogens with zero attached hydrogens (tertiary/aromatic N) is 1. The highest BCUT2D eigenvalue weighted by atomic mass is 32.1. The number of alkyl halides is 3. The van der Waals surface area contributed by atoms with Crippen LogP contribution in [0.1, 0.15) is 35.6 Å². The SMILES string of the molecule is CC(CC(O)c1cccs1)NCc1ncccc1C(F)(F)F. The van der Waals surface area contributed by atoms with E-state index < -0.39 is 17.8 Å². The normalized spacial score (nSPS) is 14.8. The minimum absolute atomic E-state index is 0.00795. The summed E-state index contributed by atoms with van der Waals surface area (Å²) in [4.78, 5) is 4.65. The van der Waals surface area contributed by atoms with Gasteiger partial charge in [0.1, 0.15) is 0 Å². The molecule has 0 spiro atoms.